The molecule has 0 bridgehead atoms. The van der Waals surface area contributed by atoms with Gasteiger partial charge in [-0.15, -0.1) is 0 Å². The number of hydrogen-bond donors (Lipinski definition) is 2. The van der Waals surface area contributed by atoms with Crippen LogP contribution in [0.4, 0.5) is 0 Å². The summed E-state index contributed by atoms with van der Waals surface area (Å²) in [5.74, 6) is 0.768. The normalized spacial score (nSPS) is 20.6. The molecular formula is C13H17NO2. The number of benzene rings is 1. The Morgan fingerprint density at radius 3 is 3.06 bits per heavy atom. The minimum Gasteiger partial charge on any atom is -0.508 e. The molecule has 3 heteroatoms. The van der Waals surface area contributed by atoms with E-state index in [9.17, 15) is 9.90 Å². The van der Waals surface area contributed by atoms with Crippen molar-refractivity contribution in [2.24, 2.45) is 5.92 Å². The van der Waals surface area contributed by atoms with Crippen LogP contribution in [-0.4, -0.2) is 24.5 Å². The highest BCUT2D eigenvalue weighted by Gasteiger charge is 2.15. The maximum Gasteiger partial charge on any atom is 0.150 e. The maximum atomic E-state index is 10.9. The van der Waals surface area contributed by atoms with Crippen molar-refractivity contribution < 1.29 is 9.90 Å². The number of phenols is 1. The van der Waals surface area contributed by atoms with Crippen LogP contribution in [0.3, 0.4) is 0 Å². The standard InChI is InChI=1S/C13H17NO2/c15-9-12-7-13(16)4-3-11(12)6-10-2-1-5-14-8-10/h3-4,7,9-10,14,16H,1-2,5-6,8H2. The summed E-state index contributed by atoms with van der Waals surface area (Å²) in [7, 11) is 0. The summed E-state index contributed by atoms with van der Waals surface area (Å²) in [5.41, 5.74) is 1.66. The van der Waals surface area contributed by atoms with E-state index in [0.717, 1.165) is 31.4 Å². The zero-order chi connectivity index (χ0) is 11.4. The molecule has 1 aromatic rings. The van der Waals surface area contributed by atoms with Crippen molar-refractivity contribution >= 4 is 6.29 Å². The molecule has 1 saturated heterocycles. The molecule has 1 heterocycles. The van der Waals surface area contributed by atoms with Crippen LogP contribution in [0.2, 0.25) is 0 Å². The minimum absolute atomic E-state index is 0.160. The topological polar surface area (TPSA) is 49.3 Å². The van der Waals surface area contributed by atoms with Crippen LogP contribution < -0.4 is 5.32 Å². The van der Waals surface area contributed by atoms with Gasteiger partial charge in [-0.2, -0.15) is 0 Å². The fourth-order valence-corrected chi connectivity index (χ4v) is 2.29. The number of nitrogens with one attached hydrogen (secondary N) is 1. The fraction of sp³-hybridized carbons (Fsp3) is 0.462. The van der Waals surface area contributed by atoms with E-state index in [4.69, 9.17) is 0 Å². The van der Waals surface area contributed by atoms with Crippen LogP contribution in [0.1, 0.15) is 28.8 Å². The summed E-state index contributed by atoms with van der Waals surface area (Å²) in [6, 6.07) is 5.05. The molecule has 2 N–H and O–H groups in total. The number of aromatic hydroxyl groups is 1. The Morgan fingerprint density at radius 2 is 2.38 bits per heavy atom. The van der Waals surface area contributed by atoms with E-state index in [1.165, 1.54) is 12.8 Å². The Labute approximate surface area is 95.5 Å². The second-order valence-electron chi connectivity index (χ2n) is 4.42. The third kappa shape index (κ3) is 2.61. The van der Waals surface area contributed by atoms with Gasteiger partial charge in [0, 0.05) is 5.56 Å². The molecule has 1 aromatic carbocycles. The van der Waals surface area contributed by atoms with Crippen molar-refractivity contribution in [3.63, 3.8) is 0 Å². The quantitative estimate of drug-likeness (QED) is 0.761. The first-order valence-electron chi connectivity index (χ1n) is 5.77. The Balaban J connectivity index is 2.10. The fourth-order valence-electron chi connectivity index (χ4n) is 2.29. The van der Waals surface area contributed by atoms with Crippen LogP contribution in [0.25, 0.3) is 0 Å². The maximum absolute atomic E-state index is 10.9. The molecule has 0 aliphatic carbocycles. The van der Waals surface area contributed by atoms with E-state index < -0.39 is 0 Å². The second kappa shape index (κ2) is 5.12. The van der Waals surface area contributed by atoms with E-state index >= 15 is 0 Å². The van der Waals surface area contributed by atoms with Crippen LogP contribution in [0, 0.1) is 5.92 Å². The molecule has 1 atom stereocenters. The Kier molecular flexibility index (Phi) is 3.57. The number of carbonyl (C=O) groups is 1. The summed E-state index contributed by atoms with van der Waals surface area (Å²) < 4.78 is 0. The van der Waals surface area contributed by atoms with Gasteiger partial charge in [-0.3, -0.25) is 4.79 Å². The zero-order valence-corrected chi connectivity index (χ0v) is 9.28. The molecule has 0 saturated carbocycles. The second-order valence-corrected chi connectivity index (χ2v) is 4.42. The zero-order valence-electron chi connectivity index (χ0n) is 9.28. The van der Waals surface area contributed by atoms with Gasteiger partial charge in [-0.25, -0.2) is 0 Å². The Bertz CT molecular complexity index is 370. The number of rotatable bonds is 3. The predicted molar refractivity (Wildman–Crippen MR) is 62.8 cm³/mol. The molecule has 0 spiro atoms. The predicted octanol–water partition coefficient (Wildman–Crippen LogP) is 1.75. The van der Waals surface area contributed by atoms with Gasteiger partial charge in [0.2, 0.25) is 0 Å². The average Bonchev–Trinajstić information content (AvgIpc) is 2.33. The lowest BCUT2D eigenvalue weighted by atomic mass is 9.90. The SMILES string of the molecule is O=Cc1cc(O)ccc1CC1CCCNC1. The summed E-state index contributed by atoms with van der Waals surface area (Å²) in [4.78, 5) is 10.9. The molecule has 1 aliphatic heterocycles. The first kappa shape index (κ1) is 11.1. The van der Waals surface area contributed by atoms with Crippen molar-refractivity contribution in [3.05, 3.63) is 29.3 Å². The number of carbonyl (C=O) groups excluding carboxylic acids is 1. The lowest BCUT2D eigenvalue weighted by molar-refractivity contribution is 0.112. The van der Waals surface area contributed by atoms with Gasteiger partial charge in [0.1, 0.15) is 12.0 Å². The number of phenolic OH excluding ortho intramolecular Hbond substituents is 1. The summed E-state index contributed by atoms with van der Waals surface area (Å²) in [6.07, 6.45) is 4.16. The minimum atomic E-state index is 0.160. The first-order chi connectivity index (χ1) is 7.79. The van der Waals surface area contributed by atoms with Crippen LogP contribution in [0.15, 0.2) is 18.2 Å². The molecule has 3 nitrogen and oxygen atoms in total. The lowest BCUT2D eigenvalue weighted by Crippen LogP contribution is -2.31. The van der Waals surface area contributed by atoms with Gasteiger partial charge in [0.15, 0.2) is 0 Å². The molecular weight excluding hydrogens is 202 g/mol. The number of aldehydes is 1. The van der Waals surface area contributed by atoms with E-state index in [1.54, 1.807) is 12.1 Å². The van der Waals surface area contributed by atoms with Crippen molar-refractivity contribution in [1.82, 2.24) is 5.32 Å². The van der Waals surface area contributed by atoms with Crippen molar-refractivity contribution in [2.75, 3.05) is 13.1 Å². The average molecular weight is 219 g/mol. The molecule has 0 aromatic heterocycles. The monoisotopic (exact) mass is 219 g/mol. The molecule has 1 fully saturated rings. The van der Waals surface area contributed by atoms with Crippen molar-refractivity contribution in [3.8, 4) is 5.75 Å². The molecule has 0 amide bonds. The van der Waals surface area contributed by atoms with Crippen molar-refractivity contribution in [2.45, 2.75) is 19.3 Å². The summed E-state index contributed by atoms with van der Waals surface area (Å²) in [5, 5.41) is 12.7. The summed E-state index contributed by atoms with van der Waals surface area (Å²) in [6.45, 7) is 2.13. The highest BCUT2D eigenvalue weighted by molar-refractivity contribution is 5.78. The van der Waals surface area contributed by atoms with Crippen LogP contribution >= 0.6 is 0 Å². The smallest absolute Gasteiger partial charge is 0.150 e. The largest absolute Gasteiger partial charge is 0.508 e. The van der Waals surface area contributed by atoms with Gasteiger partial charge in [-0.1, -0.05) is 6.07 Å². The summed E-state index contributed by atoms with van der Waals surface area (Å²) >= 11 is 0. The highest BCUT2D eigenvalue weighted by atomic mass is 16.3. The van der Waals surface area contributed by atoms with Crippen molar-refractivity contribution in [1.29, 1.82) is 0 Å². The van der Waals surface area contributed by atoms with Gasteiger partial charge >= 0.3 is 0 Å². The third-order valence-electron chi connectivity index (χ3n) is 3.16. The highest BCUT2D eigenvalue weighted by Crippen LogP contribution is 2.21. The van der Waals surface area contributed by atoms with E-state index in [-0.39, 0.29) is 5.75 Å². The van der Waals surface area contributed by atoms with Gasteiger partial charge < -0.3 is 10.4 Å². The van der Waals surface area contributed by atoms with Crippen LogP contribution in [-0.2, 0) is 6.42 Å². The molecule has 0 radical (unpaired) electrons. The number of hydrogen-bond acceptors (Lipinski definition) is 3. The first-order valence-corrected chi connectivity index (χ1v) is 5.77. The van der Waals surface area contributed by atoms with Gasteiger partial charge in [0.25, 0.3) is 0 Å². The third-order valence-corrected chi connectivity index (χ3v) is 3.16. The molecule has 86 valence electrons. The molecule has 16 heavy (non-hydrogen) atoms. The number of piperidine rings is 1. The van der Waals surface area contributed by atoms with E-state index in [0.29, 0.717) is 11.5 Å². The van der Waals surface area contributed by atoms with E-state index in [1.807, 2.05) is 6.07 Å². The Morgan fingerprint density at radius 1 is 1.50 bits per heavy atom. The van der Waals surface area contributed by atoms with Gasteiger partial charge in [-0.05, 0) is 56.0 Å². The molecule has 2 rings (SSSR count). The van der Waals surface area contributed by atoms with Crippen LogP contribution in [0.5, 0.6) is 5.75 Å². The lowest BCUT2D eigenvalue weighted by Gasteiger charge is -2.23. The molecule has 1 unspecified atom stereocenters. The van der Waals surface area contributed by atoms with Gasteiger partial charge in [0.05, 0.1) is 0 Å². The van der Waals surface area contributed by atoms with E-state index in [2.05, 4.69) is 5.32 Å². The Hall–Kier alpha value is -1.35. The molecule has 1 aliphatic rings.